The minimum atomic E-state index is -0.983. The van der Waals surface area contributed by atoms with Crippen LogP contribution in [0.3, 0.4) is 0 Å². The Morgan fingerprint density at radius 2 is 1.69 bits per heavy atom. The van der Waals surface area contributed by atoms with Crippen LogP contribution in [0.5, 0.6) is 0 Å². The van der Waals surface area contributed by atoms with Gasteiger partial charge in [0, 0.05) is 24.8 Å². The number of benzene rings is 1. The monoisotopic (exact) mass is 452 g/mol. The first-order valence-electron chi connectivity index (χ1n) is 11.0. The summed E-state index contributed by atoms with van der Waals surface area (Å²) in [6, 6.07) is 5.46. The van der Waals surface area contributed by atoms with Crippen molar-refractivity contribution in [3.63, 3.8) is 0 Å². The van der Waals surface area contributed by atoms with Gasteiger partial charge in [0.15, 0.2) is 0 Å². The zero-order chi connectivity index (χ0) is 24.5. The highest BCUT2D eigenvalue weighted by atomic mass is 16.6. The predicted octanol–water partition coefficient (Wildman–Crippen LogP) is 3.11. The lowest BCUT2D eigenvalue weighted by Gasteiger charge is -2.32. The number of carbonyl (C=O) groups excluding carboxylic acids is 1. The Bertz CT molecular complexity index is 751. The van der Waals surface area contributed by atoms with Crippen LogP contribution in [-0.2, 0) is 16.0 Å². The van der Waals surface area contributed by atoms with E-state index >= 15 is 0 Å². The van der Waals surface area contributed by atoms with Crippen LogP contribution < -0.4 is 10.2 Å². The second-order valence-electron chi connectivity index (χ2n) is 10.0. The molecule has 0 fully saturated rings. The third kappa shape index (κ3) is 10.3. The number of aliphatic hydroxyl groups excluding tert-OH is 2. The summed E-state index contributed by atoms with van der Waals surface area (Å²) in [6.07, 6.45) is 0.313. The summed E-state index contributed by atoms with van der Waals surface area (Å²) >= 11 is 0. The summed E-state index contributed by atoms with van der Waals surface area (Å²) in [7, 11) is 0. The van der Waals surface area contributed by atoms with Crippen LogP contribution >= 0.6 is 0 Å². The van der Waals surface area contributed by atoms with Gasteiger partial charge in [0.2, 0.25) is 0 Å². The zero-order valence-electron chi connectivity index (χ0n) is 20.3. The molecule has 0 aliphatic rings. The van der Waals surface area contributed by atoms with E-state index in [-0.39, 0.29) is 25.0 Å². The van der Waals surface area contributed by atoms with Crippen LogP contribution in [0.2, 0.25) is 0 Å². The molecular formula is C24H40N2O6. The summed E-state index contributed by atoms with van der Waals surface area (Å²) in [5, 5.41) is 30.7. The molecule has 8 nitrogen and oxygen atoms in total. The Balaban J connectivity index is 3.01. The third-order valence-corrected chi connectivity index (χ3v) is 5.05. The molecule has 32 heavy (non-hydrogen) atoms. The number of carboxylic acid groups (broad SMARTS) is 1. The molecule has 0 saturated heterocycles. The molecule has 0 bridgehead atoms. The van der Waals surface area contributed by atoms with Gasteiger partial charge in [-0.1, -0.05) is 19.9 Å². The van der Waals surface area contributed by atoms with Crippen LogP contribution in [0, 0.1) is 12.3 Å². The number of anilines is 1. The predicted molar refractivity (Wildman–Crippen MR) is 125 cm³/mol. The Morgan fingerprint density at radius 3 is 2.19 bits per heavy atom. The molecule has 8 heteroatoms. The SMILES string of the molecule is Cc1ccc(N(CCO)CCO)cc1CC(C)(C)C[C@@H](CC(=O)O)NC(=O)OC(C)(C)C. The third-order valence-electron chi connectivity index (χ3n) is 5.05. The molecule has 0 aliphatic carbocycles. The van der Waals surface area contributed by atoms with E-state index in [9.17, 15) is 24.9 Å². The highest BCUT2D eigenvalue weighted by Crippen LogP contribution is 2.31. The lowest BCUT2D eigenvalue weighted by atomic mass is 9.78. The number of hydrogen-bond acceptors (Lipinski definition) is 6. The van der Waals surface area contributed by atoms with Gasteiger partial charge in [-0.15, -0.1) is 0 Å². The number of carbonyl (C=O) groups is 2. The Hall–Kier alpha value is -2.32. The number of nitrogens with one attached hydrogen (secondary N) is 1. The molecular weight excluding hydrogens is 412 g/mol. The molecule has 0 heterocycles. The number of carboxylic acids is 1. The molecule has 0 saturated carbocycles. The maximum atomic E-state index is 12.2. The number of ether oxygens (including phenoxy) is 1. The summed E-state index contributed by atoms with van der Waals surface area (Å²) < 4.78 is 5.30. The molecule has 1 amide bonds. The van der Waals surface area contributed by atoms with Gasteiger partial charge >= 0.3 is 12.1 Å². The van der Waals surface area contributed by atoms with Crippen molar-refractivity contribution in [2.75, 3.05) is 31.2 Å². The van der Waals surface area contributed by atoms with Crippen molar-refractivity contribution in [2.24, 2.45) is 5.41 Å². The molecule has 1 rings (SSSR count). The van der Waals surface area contributed by atoms with Gasteiger partial charge in [0.05, 0.1) is 19.6 Å². The van der Waals surface area contributed by atoms with Crippen LogP contribution in [0.25, 0.3) is 0 Å². The number of alkyl carbamates (subject to hydrolysis) is 1. The van der Waals surface area contributed by atoms with Crippen molar-refractivity contribution in [1.29, 1.82) is 0 Å². The Kier molecular flexibility index (Phi) is 10.4. The minimum Gasteiger partial charge on any atom is -0.481 e. The van der Waals surface area contributed by atoms with Crippen molar-refractivity contribution in [3.05, 3.63) is 29.3 Å². The number of rotatable bonds is 12. The Morgan fingerprint density at radius 1 is 1.09 bits per heavy atom. The van der Waals surface area contributed by atoms with Crippen molar-refractivity contribution in [2.45, 2.75) is 72.4 Å². The molecule has 1 atom stereocenters. The summed E-state index contributed by atoms with van der Waals surface area (Å²) in [4.78, 5) is 25.5. The lowest BCUT2D eigenvalue weighted by Crippen LogP contribution is -2.42. The molecule has 4 N–H and O–H groups in total. The van der Waals surface area contributed by atoms with E-state index in [4.69, 9.17) is 4.74 Å². The topological polar surface area (TPSA) is 119 Å². The fourth-order valence-electron chi connectivity index (χ4n) is 3.77. The highest BCUT2D eigenvalue weighted by Gasteiger charge is 2.29. The van der Waals surface area contributed by atoms with E-state index in [0.717, 1.165) is 16.8 Å². The van der Waals surface area contributed by atoms with Crippen LogP contribution in [0.4, 0.5) is 10.5 Å². The van der Waals surface area contributed by atoms with Crippen molar-refractivity contribution < 1.29 is 29.6 Å². The van der Waals surface area contributed by atoms with E-state index in [1.807, 2.05) is 37.8 Å². The molecule has 0 aliphatic heterocycles. The van der Waals surface area contributed by atoms with Crippen LogP contribution in [-0.4, -0.2) is 65.3 Å². The summed E-state index contributed by atoms with van der Waals surface area (Å²) in [6.45, 7) is 12.2. The second-order valence-corrected chi connectivity index (χ2v) is 10.0. The van der Waals surface area contributed by atoms with E-state index in [1.165, 1.54) is 0 Å². The van der Waals surface area contributed by atoms with E-state index in [0.29, 0.717) is 25.9 Å². The molecule has 0 radical (unpaired) electrons. The van der Waals surface area contributed by atoms with E-state index in [2.05, 4.69) is 11.4 Å². The maximum absolute atomic E-state index is 12.2. The first-order chi connectivity index (χ1) is 14.8. The largest absolute Gasteiger partial charge is 0.481 e. The molecule has 1 aromatic carbocycles. The number of amides is 1. The smallest absolute Gasteiger partial charge is 0.407 e. The number of aryl methyl sites for hydroxylation is 1. The lowest BCUT2D eigenvalue weighted by molar-refractivity contribution is -0.137. The molecule has 0 aromatic heterocycles. The number of hydrogen-bond donors (Lipinski definition) is 4. The minimum absolute atomic E-state index is 0.0120. The molecule has 0 spiro atoms. The first kappa shape index (κ1) is 27.7. The molecule has 0 unspecified atom stereocenters. The molecule has 1 aromatic rings. The van der Waals surface area contributed by atoms with Crippen LogP contribution in [0.1, 0.15) is 58.6 Å². The normalized spacial score (nSPS) is 12.9. The number of nitrogens with zero attached hydrogens (tertiary/aromatic N) is 1. The van der Waals surface area contributed by atoms with Crippen molar-refractivity contribution in [1.82, 2.24) is 5.32 Å². The standard InChI is InChI=1S/C24H40N2O6/c1-17-7-8-20(26(9-11-27)10-12-28)13-18(17)15-24(5,6)16-19(14-21(29)30)25-22(31)32-23(2,3)4/h7-8,13,19,27-28H,9-12,14-16H2,1-6H3,(H,25,31)(H,29,30)/t19-/m1/s1. The summed E-state index contributed by atoms with van der Waals surface area (Å²) in [5.41, 5.74) is 2.14. The summed E-state index contributed by atoms with van der Waals surface area (Å²) in [5.74, 6) is -0.983. The van der Waals surface area contributed by atoms with Gasteiger partial charge < -0.3 is 30.3 Å². The highest BCUT2D eigenvalue weighted by molar-refractivity contribution is 5.71. The van der Waals surface area contributed by atoms with Gasteiger partial charge in [0.25, 0.3) is 0 Å². The van der Waals surface area contributed by atoms with Gasteiger partial charge in [-0.2, -0.15) is 0 Å². The van der Waals surface area contributed by atoms with E-state index < -0.39 is 23.7 Å². The zero-order valence-corrected chi connectivity index (χ0v) is 20.3. The number of aliphatic hydroxyl groups is 2. The van der Waals surface area contributed by atoms with Gasteiger partial charge in [-0.05, 0) is 69.2 Å². The van der Waals surface area contributed by atoms with E-state index in [1.54, 1.807) is 20.8 Å². The van der Waals surface area contributed by atoms with Gasteiger partial charge in [0.1, 0.15) is 5.60 Å². The van der Waals surface area contributed by atoms with Gasteiger partial charge in [-0.3, -0.25) is 4.79 Å². The van der Waals surface area contributed by atoms with Crippen molar-refractivity contribution >= 4 is 17.7 Å². The van der Waals surface area contributed by atoms with Crippen LogP contribution in [0.15, 0.2) is 18.2 Å². The van der Waals surface area contributed by atoms with Gasteiger partial charge in [-0.25, -0.2) is 4.79 Å². The van der Waals surface area contributed by atoms with Crippen molar-refractivity contribution in [3.8, 4) is 0 Å². The maximum Gasteiger partial charge on any atom is 0.407 e. The Labute approximate surface area is 191 Å². The second kappa shape index (κ2) is 12.1. The average molecular weight is 453 g/mol. The fraction of sp³-hybridized carbons (Fsp3) is 0.667. The molecule has 182 valence electrons. The number of aliphatic carboxylic acids is 1. The first-order valence-corrected chi connectivity index (χ1v) is 11.0. The fourth-order valence-corrected chi connectivity index (χ4v) is 3.77. The quantitative estimate of drug-likeness (QED) is 0.385. The average Bonchev–Trinajstić information content (AvgIpc) is 2.60.